The van der Waals surface area contributed by atoms with E-state index >= 15 is 0 Å². The summed E-state index contributed by atoms with van der Waals surface area (Å²) in [6.07, 6.45) is 1.26. The second kappa shape index (κ2) is 5.43. The Morgan fingerprint density at radius 1 is 1.41 bits per heavy atom. The molecule has 92 valence electrons. The molecule has 0 atom stereocenters. The average molecular weight is 236 g/mol. The first-order valence-electron chi connectivity index (χ1n) is 5.48. The van der Waals surface area contributed by atoms with Crippen LogP contribution in [0.2, 0.25) is 0 Å². The van der Waals surface area contributed by atoms with Crippen molar-refractivity contribution in [3.63, 3.8) is 0 Å². The number of carbonyl (C=O) groups is 2. The van der Waals surface area contributed by atoms with Crippen molar-refractivity contribution in [2.45, 2.75) is 20.8 Å². The predicted octanol–water partition coefficient (Wildman–Crippen LogP) is 1.79. The molecule has 1 rings (SSSR count). The Balaban J connectivity index is 2.97. The maximum Gasteiger partial charge on any atom is 0.337 e. The Labute approximate surface area is 100 Å². The molecule has 5 heteroatoms. The van der Waals surface area contributed by atoms with Crippen LogP contribution in [0.3, 0.4) is 0 Å². The summed E-state index contributed by atoms with van der Waals surface area (Å²) in [5.41, 5.74) is 0.113. The first kappa shape index (κ1) is 13.2. The van der Waals surface area contributed by atoms with Gasteiger partial charge in [0.05, 0.1) is 5.56 Å². The lowest BCUT2D eigenvalue weighted by Gasteiger charge is -2.21. The summed E-state index contributed by atoms with van der Waals surface area (Å²) in [6.45, 7) is 6.00. The Kier molecular flexibility index (Phi) is 4.20. The van der Waals surface area contributed by atoms with E-state index in [1.165, 1.54) is 17.2 Å². The Morgan fingerprint density at radius 2 is 2.06 bits per heavy atom. The SMILES string of the molecule is CCN(C(=O)C(C)C)c1ccc(C(=O)O)cn1. The quantitative estimate of drug-likeness (QED) is 0.865. The van der Waals surface area contributed by atoms with E-state index in [0.717, 1.165) is 0 Å². The van der Waals surface area contributed by atoms with Crippen molar-refractivity contribution in [2.24, 2.45) is 5.92 Å². The standard InChI is InChI=1S/C12H16N2O3/c1-4-14(11(15)8(2)3)10-6-5-9(7-13-10)12(16)17/h5-8H,4H2,1-3H3,(H,16,17). The van der Waals surface area contributed by atoms with Gasteiger partial charge in [-0.1, -0.05) is 13.8 Å². The van der Waals surface area contributed by atoms with Crippen LogP contribution in [-0.4, -0.2) is 28.5 Å². The normalized spacial score (nSPS) is 10.4. The molecule has 0 aliphatic rings. The lowest BCUT2D eigenvalue weighted by Crippen LogP contribution is -2.34. The molecular weight excluding hydrogens is 220 g/mol. The largest absolute Gasteiger partial charge is 0.478 e. The van der Waals surface area contributed by atoms with E-state index in [1.807, 2.05) is 20.8 Å². The molecule has 0 bridgehead atoms. The van der Waals surface area contributed by atoms with Crippen LogP contribution >= 0.6 is 0 Å². The molecule has 1 N–H and O–H groups in total. The molecule has 0 saturated carbocycles. The van der Waals surface area contributed by atoms with E-state index in [9.17, 15) is 9.59 Å². The molecule has 1 heterocycles. The number of aromatic nitrogens is 1. The van der Waals surface area contributed by atoms with Crippen LogP contribution in [0.1, 0.15) is 31.1 Å². The van der Waals surface area contributed by atoms with Crippen molar-refractivity contribution in [3.05, 3.63) is 23.9 Å². The highest BCUT2D eigenvalue weighted by Crippen LogP contribution is 2.14. The van der Waals surface area contributed by atoms with Crippen molar-refractivity contribution < 1.29 is 14.7 Å². The van der Waals surface area contributed by atoms with E-state index in [-0.39, 0.29) is 17.4 Å². The van der Waals surface area contributed by atoms with Crippen molar-refractivity contribution in [1.82, 2.24) is 4.98 Å². The zero-order valence-corrected chi connectivity index (χ0v) is 10.2. The van der Waals surface area contributed by atoms with Gasteiger partial charge < -0.3 is 5.11 Å². The van der Waals surface area contributed by atoms with Crippen LogP contribution in [0, 0.1) is 5.92 Å². The topological polar surface area (TPSA) is 70.5 Å². The molecular formula is C12H16N2O3. The number of hydrogen-bond donors (Lipinski definition) is 1. The molecule has 0 unspecified atom stereocenters. The van der Waals surface area contributed by atoms with Gasteiger partial charge >= 0.3 is 5.97 Å². The molecule has 1 aromatic heterocycles. The second-order valence-corrected chi connectivity index (χ2v) is 3.95. The van der Waals surface area contributed by atoms with Crippen LogP contribution in [0.15, 0.2) is 18.3 Å². The molecule has 0 fully saturated rings. The van der Waals surface area contributed by atoms with Crippen molar-refractivity contribution in [1.29, 1.82) is 0 Å². The van der Waals surface area contributed by atoms with E-state index < -0.39 is 5.97 Å². The molecule has 1 aromatic rings. The number of carbonyl (C=O) groups excluding carboxylic acids is 1. The van der Waals surface area contributed by atoms with Gasteiger partial charge in [-0.25, -0.2) is 9.78 Å². The molecule has 0 radical (unpaired) electrons. The number of rotatable bonds is 4. The second-order valence-electron chi connectivity index (χ2n) is 3.95. The molecule has 17 heavy (non-hydrogen) atoms. The zero-order chi connectivity index (χ0) is 13.0. The van der Waals surface area contributed by atoms with Gasteiger partial charge in [-0.2, -0.15) is 0 Å². The number of aromatic carboxylic acids is 1. The fourth-order valence-electron chi connectivity index (χ4n) is 1.41. The Morgan fingerprint density at radius 3 is 2.41 bits per heavy atom. The third-order valence-electron chi connectivity index (χ3n) is 2.35. The van der Waals surface area contributed by atoms with Gasteiger partial charge in [-0.05, 0) is 19.1 Å². The van der Waals surface area contributed by atoms with Crippen molar-refractivity contribution >= 4 is 17.7 Å². The van der Waals surface area contributed by atoms with Gasteiger partial charge in [0.2, 0.25) is 5.91 Å². The Hall–Kier alpha value is -1.91. The minimum atomic E-state index is -1.03. The number of carboxylic acids is 1. The minimum Gasteiger partial charge on any atom is -0.478 e. The number of pyridine rings is 1. The van der Waals surface area contributed by atoms with Crippen LogP contribution in [0.5, 0.6) is 0 Å². The average Bonchev–Trinajstić information content (AvgIpc) is 2.30. The third-order valence-corrected chi connectivity index (χ3v) is 2.35. The smallest absolute Gasteiger partial charge is 0.337 e. The lowest BCUT2D eigenvalue weighted by molar-refractivity contribution is -0.121. The Bertz CT molecular complexity index is 412. The number of carboxylic acid groups (broad SMARTS) is 1. The highest BCUT2D eigenvalue weighted by atomic mass is 16.4. The van der Waals surface area contributed by atoms with Crippen molar-refractivity contribution in [2.75, 3.05) is 11.4 Å². The highest BCUT2D eigenvalue weighted by Gasteiger charge is 2.18. The van der Waals surface area contributed by atoms with Crippen LogP contribution in [-0.2, 0) is 4.79 Å². The summed E-state index contributed by atoms with van der Waals surface area (Å²) in [6, 6.07) is 2.99. The number of hydrogen-bond acceptors (Lipinski definition) is 3. The fourth-order valence-corrected chi connectivity index (χ4v) is 1.41. The van der Waals surface area contributed by atoms with E-state index in [4.69, 9.17) is 5.11 Å². The van der Waals surface area contributed by atoms with Crippen LogP contribution in [0.25, 0.3) is 0 Å². The molecule has 0 saturated heterocycles. The lowest BCUT2D eigenvalue weighted by atomic mass is 10.2. The summed E-state index contributed by atoms with van der Waals surface area (Å²) >= 11 is 0. The molecule has 1 amide bonds. The maximum absolute atomic E-state index is 11.9. The number of amides is 1. The van der Waals surface area contributed by atoms with Gasteiger partial charge in [-0.15, -0.1) is 0 Å². The van der Waals surface area contributed by atoms with Crippen LogP contribution < -0.4 is 4.90 Å². The maximum atomic E-state index is 11.9. The molecule has 5 nitrogen and oxygen atoms in total. The van der Waals surface area contributed by atoms with Gasteiger partial charge in [0, 0.05) is 18.7 Å². The molecule has 0 aromatic carbocycles. The summed E-state index contributed by atoms with van der Waals surface area (Å²) in [7, 11) is 0. The summed E-state index contributed by atoms with van der Waals surface area (Å²) in [5, 5.41) is 8.75. The van der Waals surface area contributed by atoms with Gasteiger partial charge in [0.1, 0.15) is 5.82 Å². The van der Waals surface area contributed by atoms with Gasteiger partial charge in [0.15, 0.2) is 0 Å². The van der Waals surface area contributed by atoms with E-state index in [2.05, 4.69) is 4.98 Å². The summed E-state index contributed by atoms with van der Waals surface area (Å²) < 4.78 is 0. The number of nitrogens with zero attached hydrogens (tertiary/aromatic N) is 2. The zero-order valence-electron chi connectivity index (χ0n) is 10.2. The van der Waals surface area contributed by atoms with Crippen LogP contribution in [0.4, 0.5) is 5.82 Å². The predicted molar refractivity (Wildman–Crippen MR) is 64.1 cm³/mol. The van der Waals surface area contributed by atoms with Gasteiger partial charge in [-0.3, -0.25) is 9.69 Å². The first-order valence-corrected chi connectivity index (χ1v) is 5.48. The van der Waals surface area contributed by atoms with Crippen molar-refractivity contribution in [3.8, 4) is 0 Å². The molecule has 0 spiro atoms. The van der Waals surface area contributed by atoms with E-state index in [0.29, 0.717) is 12.4 Å². The monoisotopic (exact) mass is 236 g/mol. The van der Waals surface area contributed by atoms with Gasteiger partial charge in [0.25, 0.3) is 0 Å². The molecule has 0 aliphatic carbocycles. The summed E-state index contributed by atoms with van der Waals surface area (Å²) in [4.78, 5) is 28.1. The fraction of sp³-hybridized carbons (Fsp3) is 0.417. The molecule has 0 aliphatic heterocycles. The summed E-state index contributed by atoms with van der Waals surface area (Å²) in [5.74, 6) is -0.683. The first-order chi connectivity index (χ1) is 7.97. The minimum absolute atomic E-state index is 0.0249. The van der Waals surface area contributed by atoms with E-state index in [1.54, 1.807) is 6.07 Å². The third kappa shape index (κ3) is 3.03. The highest BCUT2D eigenvalue weighted by molar-refractivity contribution is 5.94. The number of anilines is 1.